The Morgan fingerprint density at radius 1 is 1.03 bits per heavy atom. The lowest BCUT2D eigenvalue weighted by Gasteiger charge is -2.14. The maximum absolute atomic E-state index is 12.5. The van der Waals surface area contributed by atoms with Gasteiger partial charge in [0.1, 0.15) is 5.82 Å². The van der Waals surface area contributed by atoms with Gasteiger partial charge in [0.2, 0.25) is 11.8 Å². The fourth-order valence-corrected chi connectivity index (χ4v) is 4.34. The highest BCUT2D eigenvalue weighted by molar-refractivity contribution is 7.99. The van der Waals surface area contributed by atoms with Crippen molar-refractivity contribution in [2.24, 2.45) is 0 Å². The summed E-state index contributed by atoms with van der Waals surface area (Å²) in [7, 11) is 0. The van der Waals surface area contributed by atoms with Crippen molar-refractivity contribution in [3.63, 3.8) is 0 Å². The molecule has 3 aromatic rings. The van der Waals surface area contributed by atoms with Crippen LogP contribution >= 0.6 is 11.8 Å². The van der Waals surface area contributed by atoms with Gasteiger partial charge in [0.15, 0.2) is 5.16 Å². The lowest BCUT2D eigenvalue weighted by Crippen LogP contribution is -2.28. The smallest absolute Gasteiger partial charge is 0.232 e. The van der Waals surface area contributed by atoms with Gasteiger partial charge in [-0.1, -0.05) is 48.2 Å². The third kappa shape index (κ3) is 6.43. The average molecular weight is 452 g/mol. The summed E-state index contributed by atoms with van der Waals surface area (Å²) in [4.78, 5) is 24.9. The minimum atomic E-state index is -0.150. The Morgan fingerprint density at radius 3 is 2.38 bits per heavy atom. The number of hydrogen-bond acceptors (Lipinski definition) is 5. The molecule has 1 unspecified atom stereocenters. The van der Waals surface area contributed by atoms with E-state index in [0.717, 1.165) is 22.4 Å². The number of anilines is 1. The Balaban J connectivity index is 1.57. The Hall–Kier alpha value is -3.13. The van der Waals surface area contributed by atoms with Crippen LogP contribution < -0.4 is 10.6 Å². The number of amides is 2. The van der Waals surface area contributed by atoms with Crippen LogP contribution in [0.1, 0.15) is 42.4 Å². The van der Waals surface area contributed by atoms with Gasteiger partial charge < -0.3 is 15.2 Å². The molecule has 0 saturated heterocycles. The van der Waals surface area contributed by atoms with Crippen LogP contribution in [-0.4, -0.2) is 32.3 Å². The number of rotatable bonds is 9. The molecule has 0 bridgehead atoms. The van der Waals surface area contributed by atoms with Crippen molar-refractivity contribution in [2.45, 2.75) is 51.9 Å². The SMILES string of the molecule is CCn1c(CC(=O)Nc2cc(C)cc(C)c2)nnc1SCC(=O)NC(C)c1ccccc1. The maximum atomic E-state index is 12.5. The van der Waals surface area contributed by atoms with E-state index in [0.29, 0.717) is 17.5 Å². The first kappa shape index (κ1) is 23.5. The van der Waals surface area contributed by atoms with Crippen LogP contribution in [0, 0.1) is 13.8 Å². The molecule has 2 amide bonds. The van der Waals surface area contributed by atoms with Crippen molar-refractivity contribution in [2.75, 3.05) is 11.1 Å². The van der Waals surface area contributed by atoms with Gasteiger partial charge in [0.05, 0.1) is 18.2 Å². The van der Waals surface area contributed by atoms with E-state index in [9.17, 15) is 9.59 Å². The third-order valence-corrected chi connectivity index (χ3v) is 5.91. The minimum absolute atomic E-state index is 0.0714. The van der Waals surface area contributed by atoms with Gasteiger partial charge in [0, 0.05) is 12.2 Å². The van der Waals surface area contributed by atoms with Gasteiger partial charge in [-0.15, -0.1) is 10.2 Å². The van der Waals surface area contributed by atoms with E-state index in [-0.39, 0.29) is 30.0 Å². The van der Waals surface area contributed by atoms with Gasteiger partial charge in [-0.05, 0) is 56.5 Å². The second-order valence-corrected chi connectivity index (χ2v) is 8.68. The Kier molecular flexibility index (Phi) is 8.05. The van der Waals surface area contributed by atoms with Crippen molar-refractivity contribution in [1.82, 2.24) is 20.1 Å². The molecule has 0 radical (unpaired) electrons. The molecule has 0 saturated carbocycles. The molecule has 0 fully saturated rings. The van der Waals surface area contributed by atoms with Crippen molar-refractivity contribution in [1.29, 1.82) is 0 Å². The molecule has 2 aromatic carbocycles. The highest BCUT2D eigenvalue weighted by Crippen LogP contribution is 2.19. The highest BCUT2D eigenvalue weighted by Gasteiger charge is 2.17. The lowest BCUT2D eigenvalue weighted by atomic mass is 10.1. The summed E-state index contributed by atoms with van der Waals surface area (Å²) in [5, 5.41) is 14.9. The van der Waals surface area contributed by atoms with Gasteiger partial charge in [-0.3, -0.25) is 9.59 Å². The normalized spacial score (nSPS) is 11.8. The monoisotopic (exact) mass is 451 g/mol. The quantitative estimate of drug-likeness (QED) is 0.479. The molecule has 0 aliphatic carbocycles. The van der Waals surface area contributed by atoms with E-state index in [1.165, 1.54) is 11.8 Å². The molecule has 3 rings (SSSR count). The number of hydrogen-bond donors (Lipinski definition) is 2. The molecule has 0 aliphatic rings. The second kappa shape index (κ2) is 10.9. The summed E-state index contributed by atoms with van der Waals surface area (Å²) in [6, 6.07) is 15.7. The van der Waals surface area contributed by atoms with Crippen LogP contribution in [0.3, 0.4) is 0 Å². The van der Waals surface area contributed by atoms with E-state index in [2.05, 4.69) is 26.9 Å². The Labute approximate surface area is 193 Å². The maximum Gasteiger partial charge on any atom is 0.232 e. The summed E-state index contributed by atoms with van der Waals surface area (Å²) >= 11 is 1.32. The molecule has 0 aliphatic heterocycles. The molecule has 0 spiro atoms. The fourth-order valence-electron chi connectivity index (χ4n) is 3.51. The van der Waals surface area contributed by atoms with E-state index >= 15 is 0 Å². The summed E-state index contributed by atoms with van der Waals surface area (Å²) in [6.45, 7) is 8.53. The predicted octanol–water partition coefficient (Wildman–Crippen LogP) is 4.07. The second-order valence-electron chi connectivity index (χ2n) is 7.73. The van der Waals surface area contributed by atoms with Crippen molar-refractivity contribution < 1.29 is 9.59 Å². The average Bonchev–Trinajstić information content (AvgIpc) is 3.13. The third-order valence-electron chi connectivity index (χ3n) is 4.94. The molecule has 168 valence electrons. The topological polar surface area (TPSA) is 88.9 Å². The number of nitrogens with one attached hydrogen (secondary N) is 2. The first-order valence-electron chi connectivity index (χ1n) is 10.6. The summed E-state index contributed by atoms with van der Waals surface area (Å²) in [6.07, 6.45) is 0.117. The lowest BCUT2D eigenvalue weighted by molar-refractivity contribution is -0.119. The summed E-state index contributed by atoms with van der Waals surface area (Å²) in [5.74, 6) is 0.577. The number of thioether (sulfide) groups is 1. The Morgan fingerprint density at radius 2 is 1.72 bits per heavy atom. The molecule has 1 heterocycles. The highest BCUT2D eigenvalue weighted by atomic mass is 32.2. The fraction of sp³-hybridized carbons (Fsp3) is 0.333. The largest absolute Gasteiger partial charge is 0.349 e. The van der Waals surface area contributed by atoms with Crippen LogP contribution in [0.25, 0.3) is 0 Å². The number of carbonyl (C=O) groups excluding carboxylic acids is 2. The van der Waals surface area contributed by atoms with Crippen molar-refractivity contribution in [3.8, 4) is 0 Å². The number of aromatic nitrogens is 3. The molecular formula is C24H29N5O2S. The molecule has 7 nitrogen and oxygen atoms in total. The van der Waals surface area contributed by atoms with Crippen molar-refractivity contribution in [3.05, 3.63) is 71.0 Å². The van der Waals surface area contributed by atoms with Gasteiger partial charge >= 0.3 is 0 Å². The first-order valence-corrected chi connectivity index (χ1v) is 11.6. The Bertz CT molecular complexity index is 1060. The van der Waals surface area contributed by atoms with Crippen LogP contribution in [0.4, 0.5) is 5.69 Å². The molecule has 2 N–H and O–H groups in total. The van der Waals surface area contributed by atoms with E-state index < -0.39 is 0 Å². The van der Waals surface area contributed by atoms with Crippen LogP contribution in [0.2, 0.25) is 0 Å². The molecule has 1 aromatic heterocycles. The zero-order valence-electron chi connectivity index (χ0n) is 18.9. The van der Waals surface area contributed by atoms with E-state index in [1.54, 1.807) is 0 Å². The number of nitrogens with zero attached hydrogens (tertiary/aromatic N) is 3. The van der Waals surface area contributed by atoms with Gasteiger partial charge in [-0.2, -0.15) is 0 Å². The molecule has 8 heteroatoms. The number of carbonyl (C=O) groups is 2. The first-order chi connectivity index (χ1) is 15.4. The van der Waals surface area contributed by atoms with Crippen molar-refractivity contribution >= 4 is 29.3 Å². The number of aryl methyl sites for hydroxylation is 2. The minimum Gasteiger partial charge on any atom is -0.349 e. The van der Waals surface area contributed by atoms with Gasteiger partial charge in [-0.25, -0.2) is 0 Å². The zero-order valence-corrected chi connectivity index (χ0v) is 19.7. The van der Waals surface area contributed by atoms with E-state index in [1.807, 2.05) is 74.7 Å². The zero-order chi connectivity index (χ0) is 23.1. The molecular weight excluding hydrogens is 422 g/mol. The molecule has 32 heavy (non-hydrogen) atoms. The standard InChI is InChI=1S/C24H29N5O2S/c1-5-29-21(14-22(30)26-20-12-16(2)11-17(3)13-20)27-28-24(29)32-15-23(31)25-18(4)19-9-7-6-8-10-19/h6-13,18H,5,14-15H2,1-4H3,(H,25,31)(H,26,30). The number of benzene rings is 2. The van der Waals surface area contributed by atoms with Gasteiger partial charge in [0.25, 0.3) is 0 Å². The predicted molar refractivity (Wildman–Crippen MR) is 128 cm³/mol. The molecule has 1 atom stereocenters. The summed E-state index contributed by atoms with van der Waals surface area (Å²) in [5.41, 5.74) is 4.01. The van der Waals surface area contributed by atoms with Crippen LogP contribution in [-0.2, 0) is 22.6 Å². The summed E-state index contributed by atoms with van der Waals surface area (Å²) < 4.78 is 1.87. The van der Waals surface area contributed by atoms with Crippen LogP contribution in [0.5, 0.6) is 0 Å². The van der Waals surface area contributed by atoms with E-state index in [4.69, 9.17) is 0 Å². The van der Waals surface area contributed by atoms with Crippen LogP contribution in [0.15, 0.2) is 53.7 Å².